The fourth-order valence-corrected chi connectivity index (χ4v) is 1.88. The van der Waals surface area contributed by atoms with Crippen molar-refractivity contribution in [2.45, 2.75) is 13.8 Å². The second-order valence-electron chi connectivity index (χ2n) is 3.68. The van der Waals surface area contributed by atoms with Gasteiger partial charge in [-0.1, -0.05) is 53.5 Å². The molecule has 1 aromatic rings. The summed E-state index contributed by atoms with van der Waals surface area (Å²) in [6, 6.07) is 7.32. The summed E-state index contributed by atoms with van der Waals surface area (Å²) >= 11 is 12.0. The first-order valence-corrected chi connectivity index (χ1v) is 6.26. The van der Waals surface area contributed by atoms with Crippen molar-refractivity contribution in [2.75, 3.05) is 0 Å². The van der Waals surface area contributed by atoms with E-state index in [0.29, 0.717) is 15.6 Å². The van der Waals surface area contributed by atoms with Gasteiger partial charge in [0.05, 0.1) is 0 Å². The Morgan fingerprint density at radius 3 is 2.39 bits per heavy atom. The third-order valence-corrected chi connectivity index (χ3v) is 2.84. The molecule has 1 nitrogen and oxygen atoms in total. The van der Waals surface area contributed by atoms with Gasteiger partial charge in [0.2, 0.25) is 0 Å². The van der Waals surface area contributed by atoms with Gasteiger partial charge in [-0.3, -0.25) is 4.79 Å². The van der Waals surface area contributed by atoms with Crippen LogP contribution in [0.3, 0.4) is 0 Å². The number of allylic oxidation sites excluding steroid dienone is 6. The highest BCUT2D eigenvalue weighted by Gasteiger charge is 2.08. The van der Waals surface area contributed by atoms with Crippen molar-refractivity contribution in [3.8, 4) is 0 Å². The van der Waals surface area contributed by atoms with E-state index in [1.807, 2.05) is 31.2 Å². The van der Waals surface area contributed by atoms with E-state index in [4.69, 9.17) is 23.2 Å². The van der Waals surface area contributed by atoms with E-state index in [-0.39, 0.29) is 0 Å². The van der Waals surface area contributed by atoms with E-state index in [1.54, 1.807) is 25.1 Å². The molecule has 0 bridgehead atoms. The van der Waals surface area contributed by atoms with Crippen LogP contribution in [0.2, 0.25) is 0 Å². The van der Waals surface area contributed by atoms with Gasteiger partial charge in [0.25, 0.3) is 0 Å². The summed E-state index contributed by atoms with van der Waals surface area (Å²) in [5.41, 5.74) is 2.24. The third kappa shape index (κ3) is 3.86. The molecule has 0 N–H and O–H groups in total. The van der Waals surface area contributed by atoms with Gasteiger partial charge in [-0.2, -0.15) is 0 Å². The van der Waals surface area contributed by atoms with Gasteiger partial charge < -0.3 is 0 Å². The molecule has 0 amide bonds. The maximum absolute atomic E-state index is 11.0. The lowest BCUT2D eigenvalue weighted by Crippen LogP contribution is -1.92. The SMILES string of the molecule is C\C=C(/C(Cl)=C\C=C(/C)Cl)c1ccccc1C=O. The van der Waals surface area contributed by atoms with Gasteiger partial charge in [0.1, 0.15) is 0 Å². The minimum absolute atomic E-state index is 0.548. The Balaban J connectivity index is 3.23. The molecule has 94 valence electrons. The third-order valence-electron chi connectivity index (χ3n) is 2.38. The molecule has 0 atom stereocenters. The quantitative estimate of drug-likeness (QED) is 0.549. The van der Waals surface area contributed by atoms with E-state index in [9.17, 15) is 4.79 Å². The zero-order valence-corrected chi connectivity index (χ0v) is 11.8. The Bertz CT molecular complexity index is 521. The maximum atomic E-state index is 11.0. The van der Waals surface area contributed by atoms with Crippen molar-refractivity contribution < 1.29 is 4.79 Å². The molecule has 18 heavy (non-hydrogen) atoms. The molecule has 0 spiro atoms. The molecule has 0 aromatic heterocycles. The molecular formula is C15H14Cl2O. The molecule has 0 aliphatic carbocycles. The van der Waals surface area contributed by atoms with Gasteiger partial charge in [-0.15, -0.1) is 0 Å². The zero-order valence-electron chi connectivity index (χ0n) is 10.3. The van der Waals surface area contributed by atoms with Crippen molar-refractivity contribution in [3.63, 3.8) is 0 Å². The summed E-state index contributed by atoms with van der Waals surface area (Å²) in [6.07, 6.45) is 6.14. The van der Waals surface area contributed by atoms with Gasteiger partial charge in [-0.05, 0) is 37.1 Å². The van der Waals surface area contributed by atoms with Crippen molar-refractivity contribution in [1.29, 1.82) is 0 Å². The minimum atomic E-state index is 0.548. The number of aldehydes is 1. The summed E-state index contributed by atoms with van der Waals surface area (Å²) < 4.78 is 0. The number of halogens is 2. The predicted molar refractivity (Wildman–Crippen MR) is 79.0 cm³/mol. The van der Waals surface area contributed by atoms with Crippen LogP contribution in [-0.2, 0) is 0 Å². The Labute approximate surface area is 117 Å². The fourth-order valence-electron chi connectivity index (χ4n) is 1.54. The average molecular weight is 281 g/mol. The first-order chi connectivity index (χ1) is 8.60. The van der Waals surface area contributed by atoms with Crippen molar-refractivity contribution >= 4 is 35.1 Å². The maximum Gasteiger partial charge on any atom is 0.150 e. The second-order valence-corrected chi connectivity index (χ2v) is 4.68. The summed E-state index contributed by atoms with van der Waals surface area (Å²) in [4.78, 5) is 11.0. The summed E-state index contributed by atoms with van der Waals surface area (Å²) in [5, 5.41) is 1.19. The lowest BCUT2D eigenvalue weighted by molar-refractivity contribution is 0.112. The Hall–Kier alpha value is -1.31. The first-order valence-electron chi connectivity index (χ1n) is 5.51. The standard InChI is InChI=1S/C15H14Cl2O/c1-3-13(15(17)9-8-11(2)16)14-7-5-4-6-12(14)10-18/h3-10H,1-2H3/b11-8+,13-3-,15-9+. The van der Waals surface area contributed by atoms with Gasteiger partial charge in [0, 0.05) is 15.6 Å². The van der Waals surface area contributed by atoms with E-state index in [0.717, 1.165) is 17.4 Å². The monoisotopic (exact) mass is 280 g/mol. The number of carbonyl (C=O) groups is 1. The molecule has 0 aliphatic rings. The van der Waals surface area contributed by atoms with E-state index >= 15 is 0 Å². The topological polar surface area (TPSA) is 17.1 Å². The molecule has 0 saturated heterocycles. The Morgan fingerprint density at radius 1 is 1.17 bits per heavy atom. The molecule has 0 heterocycles. The summed E-state index contributed by atoms with van der Waals surface area (Å²) in [5.74, 6) is 0. The highest BCUT2D eigenvalue weighted by atomic mass is 35.5. The molecule has 1 rings (SSSR count). The number of carbonyl (C=O) groups excluding carboxylic acids is 1. The predicted octanol–water partition coefficient (Wildman–Crippen LogP) is 5.17. The second kappa shape index (κ2) is 7.20. The highest BCUT2D eigenvalue weighted by Crippen LogP contribution is 2.28. The molecule has 0 saturated carbocycles. The highest BCUT2D eigenvalue weighted by molar-refractivity contribution is 6.37. The average Bonchev–Trinajstić information content (AvgIpc) is 2.37. The number of rotatable bonds is 4. The van der Waals surface area contributed by atoms with E-state index in [1.165, 1.54) is 0 Å². The van der Waals surface area contributed by atoms with Crippen LogP contribution in [0.5, 0.6) is 0 Å². The van der Waals surface area contributed by atoms with E-state index < -0.39 is 0 Å². The van der Waals surface area contributed by atoms with Crippen LogP contribution in [0.25, 0.3) is 5.57 Å². The normalized spacial score (nSPS) is 13.7. The molecule has 1 aromatic carbocycles. The smallest absolute Gasteiger partial charge is 0.150 e. The first kappa shape index (κ1) is 14.7. The lowest BCUT2D eigenvalue weighted by Gasteiger charge is -2.08. The van der Waals surface area contributed by atoms with E-state index in [2.05, 4.69) is 0 Å². The van der Waals surface area contributed by atoms with Gasteiger partial charge in [0.15, 0.2) is 6.29 Å². The molecular weight excluding hydrogens is 267 g/mol. The number of hydrogen-bond acceptors (Lipinski definition) is 1. The van der Waals surface area contributed by atoms with Crippen molar-refractivity contribution in [1.82, 2.24) is 0 Å². The Kier molecular flexibility index (Phi) is 5.90. The molecule has 0 unspecified atom stereocenters. The van der Waals surface area contributed by atoms with Gasteiger partial charge >= 0.3 is 0 Å². The summed E-state index contributed by atoms with van der Waals surface area (Å²) in [7, 11) is 0. The van der Waals surface area contributed by atoms with Crippen LogP contribution < -0.4 is 0 Å². The molecule has 0 aliphatic heterocycles. The van der Waals surface area contributed by atoms with Crippen LogP contribution in [0.4, 0.5) is 0 Å². The number of benzene rings is 1. The molecule has 0 radical (unpaired) electrons. The Morgan fingerprint density at radius 2 is 1.83 bits per heavy atom. The van der Waals surface area contributed by atoms with Crippen LogP contribution in [0.15, 0.2) is 52.6 Å². The van der Waals surface area contributed by atoms with Crippen molar-refractivity contribution in [3.05, 3.63) is 63.7 Å². The van der Waals surface area contributed by atoms with Crippen LogP contribution in [0, 0.1) is 0 Å². The minimum Gasteiger partial charge on any atom is -0.298 e. The van der Waals surface area contributed by atoms with Crippen LogP contribution in [0.1, 0.15) is 29.8 Å². The van der Waals surface area contributed by atoms with Crippen LogP contribution >= 0.6 is 23.2 Å². The fraction of sp³-hybridized carbons (Fsp3) is 0.133. The zero-order chi connectivity index (χ0) is 13.5. The molecule has 0 fully saturated rings. The summed E-state index contributed by atoms with van der Waals surface area (Å²) in [6.45, 7) is 3.65. The molecule has 3 heteroatoms. The largest absolute Gasteiger partial charge is 0.298 e. The van der Waals surface area contributed by atoms with Gasteiger partial charge in [-0.25, -0.2) is 0 Å². The lowest BCUT2D eigenvalue weighted by atomic mass is 9.99. The van der Waals surface area contributed by atoms with Crippen molar-refractivity contribution in [2.24, 2.45) is 0 Å². The number of hydrogen-bond donors (Lipinski definition) is 0. The van der Waals surface area contributed by atoms with Crippen LogP contribution in [-0.4, -0.2) is 6.29 Å².